The van der Waals surface area contributed by atoms with Crippen molar-refractivity contribution in [3.63, 3.8) is 0 Å². The SMILES string of the molecule is CCOc1cc(/C=N/NS(=O)(=O)c2cc(OC)ccc2OC)ccc1O. The third-order valence-electron chi connectivity index (χ3n) is 3.33. The molecule has 0 saturated heterocycles. The van der Waals surface area contributed by atoms with E-state index in [9.17, 15) is 13.5 Å². The van der Waals surface area contributed by atoms with E-state index in [1.165, 1.54) is 38.6 Å². The molecule has 2 N–H and O–H groups in total. The first-order chi connectivity index (χ1) is 12.4. The van der Waals surface area contributed by atoms with Crippen molar-refractivity contribution in [3.05, 3.63) is 42.0 Å². The molecule has 2 rings (SSSR count). The Labute approximate surface area is 152 Å². The Bertz CT molecular complexity index is 896. The number of rotatable bonds is 8. The average Bonchev–Trinajstić information content (AvgIpc) is 2.63. The molecule has 0 spiro atoms. The predicted octanol–water partition coefficient (Wildman–Crippen LogP) is 2.12. The number of sulfonamides is 1. The fraction of sp³-hybridized carbons (Fsp3) is 0.235. The lowest BCUT2D eigenvalue weighted by molar-refractivity contribution is 0.318. The molecule has 8 nitrogen and oxygen atoms in total. The summed E-state index contributed by atoms with van der Waals surface area (Å²) < 4.78 is 40.3. The van der Waals surface area contributed by atoms with Gasteiger partial charge in [-0.1, -0.05) is 0 Å². The summed E-state index contributed by atoms with van der Waals surface area (Å²) in [4.78, 5) is 2.02. The van der Waals surface area contributed by atoms with Crippen LogP contribution in [0.1, 0.15) is 12.5 Å². The monoisotopic (exact) mass is 380 g/mol. The molecule has 0 aliphatic carbocycles. The number of nitrogens with zero attached hydrogens (tertiary/aromatic N) is 1. The molecule has 0 unspecified atom stereocenters. The molecule has 0 aliphatic heterocycles. The number of benzene rings is 2. The van der Waals surface area contributed by atoms with Crippen LogP contribution in [0, 0.1) is 0 Å². The summed E-state index contributed by atoms with van der Waals surface area (Å²) >= 11 is 0. The van der Waals surface area contributed by atoms with Crippen molar-refractivity contribution in [2.75, 3.05) is 20.8 Å². The Kier molecular flexibility index (Phi) is 6.29. The van der Waals surface area contributed by atoms with Crippen LogP contribution in [0.2, 0.25) is 0 Å². The zero-order chi connectivity index (χ0) is 19.2. The summed E-state index contributed by atoms with van der Waals surface area (Å²) in [5, 5.41) is 13.4. The van der Waals surface area contributed by atoms with Crippen molar-refractivity contribution in [1.82, 2.24) is 4.83 Å². The quantitative estimate of drug-likeness (QED) is 0.537. The lowest BCUT2D eigenvalue weighted by Crippen LogP contribution is -2.19. The van der Waals surface area contributed by atoms with E-state index in [1.807, 2.05) is 0 Å². The molecule has 0 atom stereocenters. The minimum absolute atomic E-state index is 0.00861. The number of nitrogens with one attached hydrogen (secondary N) is 1. The van der Waals surface area contributed by atoms with Gasteiger partial charge in [0.1, 0.15) is 16.4 Å². The third-order valence-corrected chi connectivity index (χ3v) is 4.57. The van der Waals surface area contributed by atoms with Crippen LogP contribution < -0.4 is 19.0 Å². The molecule has 0 heterocycles. The van der Waals surface area contributed by atoms with Gasteiger partial charge in [-0.25, -0.2) is 0 Å². The molecule has 26 heavy (non-hydrogen) atoms. The van der Waals surface area contributed by atoms with E-state index < -0.39 is 10.0 Å². The van der Waals surface area contributed by atoms with Crippen LogP contribution in [-0.2, 0) is 10.0 Å². The van der Waals surface area contributed by atoms with Crippen molar-refractivity contribution in [1.29, 1.82) is 0 Å². The lowest BCUT2D eigenvalue weighted by Gasteiger charge is -2.10. The van der Waals surface area contributed by atoms with Crippen molar-refractivity contribution in [2.24, 2.45) is 5.10 Å². The number of hydrogen-bond donors (Lipinski definition) is 2. The van der Waals surface area contributed by atoms with Crippen LogP contribution in [-0.4, -0.2) is 40.6 Å². The molecule has 0 aromatic heterocycles. The fourth-order valence-corrected chi connectivity index (χ4v) is 3.07. The van der Waals surface area contributed by atoms with Gasteiger partial charge in [-0.3, -0.25) is 0 Å². The van der Waals surface area contributed by atoms with Crippen LogP contribution in [0.5, 0.6) is 23.0 Å². The molecular formula is C17H20N2O6S. The highest BCUT2D eigenvalue weighted by Gasteiger charge is 2.20. The standard InChI is InChI=1S/C17H20N2O6S/c1-4-25-16-9-12(5-7-14(16)20)11-18-19-26(21,22)17-10-13(23-2)6-8-15(17)24-3/h5-11,19-20H,4H2,1-3H3/b18-11+. The second-order valence-corrected chi connectivity index (χ2v) is 6.66. The summed E-state index contributed by atoms with van der Waals surface area (Å²) in [6.07, 6.45) is 1.30. The van der Waals surface area contributed by atoms with Gasteiger partial charge in [0, 0.05) is 6.07 Å². The fourth-order valence-electron chi connectivity index (χ4n) is 2.10. The number of methoxy groups -OCH3 is 2. The van der Waals surface area contributed by atoms with Crippen LogP contribution in [0.3, 0.4) is 0 Å². The van der Waals surface area contributed by atoms with Gasteiger partial charge in [0.25, 0.3) is 10.0 Å². The van der Waals surface area contributed by atoms with E-state index in [0.717, 1.165) is 0 Å². The molecule has 2 aromatic carbocycles. The summed E-state index contributed by atoms with van der Waals surface area (Å²) in [5.41, 5.74) is 0.548. The lowest BCUT2D eigenvalue weighted by atomic mass is 10.2. The minimum Gasteiger partial charge on any atom is -0.504 e. The highest BCUT2D eigenvalue weighted by molar-refractivity contribution is 7.89. The predicted molar refractivity (Wildman–Crippen MR) is 96.7 cm³/mol. The van der Waals surface area contributed by atoms with Gasteiger partial charge in [-0.05, 0) is 42.8 Å². The van der Waals surface area contributed by atoms with Gasteiger partial charge in [0.05, 0.1) is 27.0 Å². The Morgan fingerprint density at radius 2 is 1.88 bits per heavy atom. The maximum Gasteiger partial charge on any atom is 0.280 e. The molecule has 2 aromatic rings. The maximum atomic E-state index is 12.5. The summed E-state index contributed by atoms with van der Waals surface area (Å²) in [5.74, 6) is 0.811. The molecule has 0 amide bonds. The van der Waals surface area contributed by atoms with Crippen molar-refractivity contribution in [2.45, 2.75) is 11.8 Å². The normalized spacial score (nSPS) is 11.3. The van der Waals surface area contributed by atoms with Crippen molar-refractivity contribution in [3.8, 4) is 23.0 Å². The molecule has 0 bridgehead atoms. The van der Waals surface area contributed by atoms with E-state index in [1.54, 1.807) is 25.1 Å². The van der Waals surface area contributed by atoms with Gasteiger partial charge in [0.2, 0.25) is 0 Å². The van der Waals surface area contributed by atoms with Crippen LogP contribution in [0.25, 0.3) is 0 Å². The largest absolute Gasteiger partial charge is 0.504 e. The summed E-state index contributed by atoms with van der Waals surface area (Å²) in [7, 11) is -1.16. The van der Waals surface area contributed by atoms with Gasteiger partial charge in [-0.15, -0.1) is 0 Å². The van der Waals surface area contributed by atoms with E-state index in [2.05, 4.69) is 9.93 Å². The zero-order valence-electron chi connectivity index (χ0n) is 14.6. The Morgan fingerprint density at radius 3 is 2.54 bits per heavy atom. The number of hydrazone groups is 1. The number of phenols is 1. The number of ether oxygens (including phenoxy) is 3. The number of phenolic OH excluding ortho intramolecular Hbond substituents is 1. The van der Waals surface area contributed by atoms with Crippen LogP contribution in [0.15, 0.2) is 46.4 Å². The smallest absolute Gasteiger partial charge is 0.280 e. The first-order valence-corrected chi connectivity index (χ1v) is 9.12. The Morgan fingerprint density at radius 1 is 1.12 bits per heavy atom. The summed E-state index contributed by atoms with van der Waals surface area (Å²) in [6.45, 7) is 2.17. The van der Waals surface area contributed by atoms with Crippen LogP contribution in [0.4, 0.5) is 0 Å². The molecule has 0 radical (unpaired) electrons. The van der Waals surface area contributed by atoms with E-state index in [4.69, 9.17) is 14.2 Å². The second kappa shape index (κ2) is 8.43. The Hall–Kier alpha value is -2.94. The highest BCUT2D eigenvalue weighted by atomic mass is 32.2. The molecule has 0 saturated carbocycles. The molecule has 140 valence electrons. The zero-order valence-corrected chi connectivity index (χ0v) is 15.4. The topological polar surface area (TPSA) is 106 Å². The average molecular weight is 380 g/mol. The van der Waals surface area contributed by atoms with Crippen molar-refractivity contribution >= 4 is 16.2 Å². The van der Waals surface area contributed by atoms with Gasteiger partial charge >= 0.3 is 0 Å². The number of aromatic hydroxyl groups is 1. The first kappa shape index (κ1) is 19.4. The summed E-state index contributed by atoms with van der Waals surface area (Å²) in [6, 6.07) is 8.97. The van der Waals surface area contributed by atoms with Crippen LogP contribution >= 0.6 is 0 Å². The van der Waals surface area contributed by atoms with E-state index in [0.29, 0.717) is 17.9 Å². The molecular weight excluding hydrogens is 360 g/mol. The van der Waals surface area contributed by atoms with Gasteiger partial charge < -0.3 is 19.3 Å². The first-order valence-electron chi connectivity index (χ1n) is 7.64. The second-order valence-electron chi connectivity index (χ2n) is 5.03. The molecule has 9 heteroatoms. The third kappa shape index (κ3) is 4.57. The Balaban J connectivity index is 2.23. The van der Waals surface area contributed by atoms with Gasteiger partial charge in [-0.2, -0.15) is 18.4 Å². The molecule has 0 fully saturated rings. The minimum atomic E-state index is -3.97. The molecule has 0 aliphatic rings. The van der Waals surface area contributed by atoms with Crippen molar-refractivity contribution < 1.29 is 27.7 Å². The van der Waals surface area contributed by atoms with E-state index >= 15 is 0 Å². The van der Waals surface area contributed by atoms with E-state index in [-0.39, 0.29) is 22.1 Å². The number of hydrogen-bond acceptors (Lipinski definition) is 7. The maximum absolute atomic E-state index is 12.5. The highest BCUT2D eigenvalue weighted by Crippen LogP contribution is 2.28. The van der Waals surface area contributed by atoms with Gasteiger partial charge in [0.15, 0.2) is 11.5 Å².